The molecule has 0 aromatic heterocycles. The van der Waals surface area contributed by atoms with Gasteiger partial charge in [-0.15, -0.1) is 0 Å². The molecule has 0 spiro atoms. The molecule has 8 heteroatoms. The van der Waals surface area contributed by atoms with Crippen molar-refractivity contribution in [1.82, 2.24) is 15.1 Å². The second-order valence-corrected chi connectivity index (χ2v) is 10.4. The third kappa shape index (κ3) is 6.20. The Bertz CT molecular complexity index is 957. The van der Waals surface area contributed by atoms with Crippen molar-refractivity contribution in [3.63, 3.8) is 0 Å². The number of aryl methyl sites for hydroxylation is 1. The van der Waals surface area contributed by atoms with Crippen LogP contribution >= 0.6 is 0 Å². The molecule has 1 unspecified atom stereocenters. The molecule has 2 N–H and O–H groups in total. The summed E-state index contributed by atoms with van der Waals surface area (Å²) in [5, 5.41) is 12.4. The Morgan fingerprint density at radius 3 is 2.75 bits per heavy atom. The smallest absolute Gasteiger partial charge is 0.251 e. The minimum Gasteiger partial charge on any atom is -0.493 e. The number of nitrogens with zero attached hydrogens (tertiary/aromatic N) is 3. The lowest BCUT2D eigenvalue weighted by Crippen LogP contribution is -2.42. The lowest BCUT2D eigenvalue weighted by atomic mass is 9.93. The molecule has 2 aliphatic heterocycles. The maximum atomic E-state index is 13.2. The Hall–Kier alpha value is -2.61. The van der Waals surface area contributed by atoms with Crippen molar-refractivity contribution in [2.24, 2.45) is 4.99 Å². The summed E-state index contributed by atoms with van der Waals surface area (Å²) in [7, 11) is 0. The highest BCUT2D eigenvalue weighted by atomic mass is 16.5. The molecule has 0 bridgehead atoms. The molecule has 1 aromatic carbocycles. The van der Waals surface area contributed by atoms with Crippen LogP contribution in [0.15, 0.2) is 17.1 Å². The zero-order valence-corrected chi connectivity index (χ0v) is 21.9. The summed E-state index contributed by atoms with van der Waals surface area (Å²) in [5.74, 6) is 1.24. The maximum absolute atomic E-state index is 13.2. The number of carbonyl (C=O) groups excluding carboxylic acids is 2. The fourth-order valence-corrected chi connectivity index (χ4v) is 5.61. The number of carbonyl (C=O) groups is 2. The molecule has 1 saturated heterocycles. The number of aliphatic hydroxyl groups is 1. The maximum Gasteiger partial charge on any atom is 0.251 e. The minimum atomic E-state index is -0.633. The van der Waals surface area contributed by atoms with Gasteiger partial charge in [0.15, 0.2) is 0 Å². The van der Waals surface area contributed by atoms with Crippen LogP contribution in [0.5, 0.6) is 5.75 Å². The standard InChI is InChI=1S/C28H42N4O4/c1-3-4-5-9-14-31(21-11-7-6-8-12-21)26(34)13-10-15-36-25-17-20(2)16-23-22(25)18-32-24(19-33)27(35)30-28(32)29-23/h16-17,21,24,33H,3-15,18-19H2,1-2H3,(H,29,30,35). The number of benzene rings is 1. The van der Waals surface area contributed by atoms with Crippen LogP contribution in [0.3, 0.4) is 0 Å². The average molecular weight is 499 g/mol. The molecule has 1 aliphatic carbocycles. The Labute approximate surface area is 215 Å². The summed E-state index contributed by atoms with van der Waals surface area (Å²) < 4.78 is 6.18. The lowest BCUT2D eigenvalue weighted by molar-refractivity contribution is -0.134. The topological polar surface area (TPSA) is 94.5 Å². The molecule has 2 amide bonds. The van der Waals surface area contributed by atoms with Crippen LogP contribution in [-0.2, 0) is 16.1 Å². The third-order valence-electron chi connectivity index (χ3n) is 7.62. The van der Waals surface area contributed by atoms with E-state index in [0.717, 1.165) is 48.4 Å². The van der Waals surface area contributed by atoms with Crippen LogP contribution in [0.4, 0.5) is 5.69 Å². The van der Waals surface area contributed by atoms with Crippen molar-refractivity contribution in [3.05, 3.63) is 23.3 Å². The predicted molar refractivity (Wildman–Crippen MR) is 140 cm³/mol. The summed E-state index contributed by atoms with van der Waals surface area (Å²) >= 11 is 0. The normalized spacial score (nSPS) is 19.4. The van der Waals surface area contributed by atoms with Gasteiger partial charge in [0.25, 0.3) is 5.91 Å². The first kappa shape index (κ1) is 26.5. The molecule has 1 aromatic rings. The van der Waals surface area contributed by atoms with Gasteiger partial charge in [-0.2, -0.15) is 0 Å². The summed E-state index contributed by atoms with van der Waals surface area (Å²) in [6.45, 7) is 5.72. The van der Waals surface area contributed by atoms with Crippen molar-refractivity contribution in [3.8, 4) is 5.75 Å². The van der Waals surface area contributed by atoms with Crippen molar-refractivity contribution in [2.45, 2.75) is 103 Å². The predicted octanol–water partition coefficient (Wildman–Crippen LogP) is 4.19. The number of fused-ring (bicyclic) bond motifs is 2. The minimum absolute atomic E-state index is 0.237. The Morgan fingerprint density at radius 1 is 1.19 bits per heavy atom. The highest BCUT2D eigenvalue weighted by Gasteiger charge is 2.39. The summed E-state index contributed by atoms with van der Waals surface area (Å²) in [5.41, 5.74) is 2.71. The van der Waals surface area contributed by atoms with E-state index in [1.807, 2.05) is 19.1 Å². The molecule has 4 rings (SSSR count). The van der Waals surface area contributed by atoms with Gasteiger partial charge in [-0.05, 0) is 50.3 Å². The third-order valence-corrected chi connectivity index (χ3v) is 7.62. The van der Waals surface area contributed by atoms with E-state index in [0.29, 0.717) is 38.0 Å². The van der Waals surface area contributed by atoms with Crippen molar-refractivity contribution in [1.29, 1.82) is 0 Å². The van der Waals surface area contributed by atoms with E-state index in [1.54, 1.807) is 4.90 Å². The van der Waals surface area contributed by atoms with Crippen LogP contribution in [0.2, 0.25) is 0 Å². The molecule has 198 valence electrons. The van der Waals surface area contributed by atoms with E-state index >= 15 is 0 Å². The van der Waals surface area contributed by atoms with Gasteiger partial charge in [-0.25, -0.2) is 4.99 Å². The van der Waals surface area contributed by atoms with E-state index in [9.17, 15) is 14.7 Å². The number of nitrogens with one attached hydrogen (secondary N) is 1. The number of amides is 2. The van der Waals surface area contributed by atoms with Crippen molar-refractivity contribution in [2.75, 3.05) is 19.8 Å². The average Bonchev–Trinajstić information content (AvgIpc) is 3.19. The van der Waals surface area contributed by atoms with Crippen LogP contribution in [0, 0.1) is 6.92 Å². The van der Waals surface area contributed by atoms with Gasteiger partial charge in [0.2, 0.25) is 11.9 Å². The lowest BCUT2D eigenvalue weighted by Gasteiger charge is -2.34. The SMILES string of the molecule is CCCCCCN(C(=O)CCCOc1cc(C)cc2c1CN1C(=N2)NC(=O)C1CO)C1CCCCC1. The summed E-state index contributed by atoms with van der Waals surface area (Å²) in [6, 6.07) is 3.74. The molecule has 1 atom stereocenters. The Morgan fingerprint density at radius 2 is 2.00 bits per heavy atom. The highest BCUT2D eigenvalue weighted by Crippen LogP contribution is 2.37. The molecule has 0 radical (unpaired) electrons. The van der Waals surface area contributed by atoms with Gasteiger partial charge in [-0.3, -0.25) is 14.9 Å². The first-order valence-electron chi connectivity index (χ1n) is 13.8. The molecule has 1 saturated carbocycles. The zero-order chi connectivity index (χ0) is 25.5. The second-order valence-electron chi connectivity index (χ2n) is 10.4. The number of aliphatic hydroxyl groups excluding tert-OH is 1. The van der Waals surface area contributed by atoms with Crippen LogP contribution in [0.1, 0.15) is 88.7 Å². The van der Waals surface area contributed by atoms with Gasteiger partial charge >= 0.3 is 0 Å². The first-order valence-corrected chi connectivity index (χ1v) is 13.8. The largest absolute Gasteiger partial charge is 0.493 e. The van der Waals surface area contributed by atoms with Gasteiger partial charge in [0.05, 0.1) is 25.4 Å². The quantitative estimate of drug-likeness (QED) is 0.422. The molecule has 3 aliphatic rings. The van der Waals surface area contributed by atoms with E-state index in [2.05, 4.69) is 22.1 Å². The number of unbranched alkanes of at least 4 members (excludes halogenated alkanes) is 3. The number of hydrogen-bond donors (Lipinski definition) is 2. The summed E-state index contributed by atoms with van der Waals surface area (Å²) in [4.78, 5) is 33.9. The van der Waals surface area contributed by atoms with Crippen LogP contribution in [0.25, 0.3) is 0 Å². The van der Waals surface area contributed by atoms with Gasteiger partial charge in [-0.1, -0.05) is 45.4 Å². The molecule has 2 fully saturated rings. The van der Waals surface area contributed by atoms with Crippen molar-refractivity contribution >= 4 is 23.5 Å². The van der Waals surface area contributed by atoms with Crippen molar-refractivity contribution < 1.29 is 19.4 Å². The zero-order valence-electron chi connectivity index (χ0n) is 21.9. The molecule has 8 nitrogen and oxygen atoms in total. The van der Waals surface area contributed by atoms with E-state index < -0.39 is 6.04 Å². The molecular weight excluding hydrogens is 456 g/mol. The Balaban J connectivity index is 1.34. The molecular formula is C28H42N4O4. The van der Waals surface area contributed by atoms with Gasteiger partial charge in [0, 0.05) is 24.6 Å². The number of guanidine groups is 1. The van der Waals surface area contributed by atoms with E-state index in [4.69, 9.17) is 4.74 Å². The van der Waals surface area contributed by atoms with E-state index in [1.165, 1.54) is 38.5 Å². The first-order chi connectivity index (χ1) is 17.5. The van der Waals surface area contributed by atoms with Gasteiger partial charge < -0.3 is 19.6 Å². The fraction of sp³-hybridized carbons (Fsp3) is 0.679. The Kier molecular flexibility index (Phi) is 9.24. The van der Waals surface area contributed by atoms with Crippen LogP contribution < -0.4 is 10.1 Å². The van der Waals surface area contributed by atoms with Crippen LogP contribution in [-0.4, -0.2) is 64.5 Å². The van der Waals surface area contributed by atoms with Gasteiger partial charge in [0.1, 0.15) is 11.8 Å². The monoisotopic (exact) mass is 498 g/mol. The number of aliphatic imine (C=N–C) groups is 1. The number of ether oxygens (including phenoxy) is 1. The summed E-state index contributed by atoms with van der Waals surface area (Å²) in [6.07, 6.45) is 11.9. The number of hydrogen-bond acceptors (Lipinski definition) is 6. The van der Waals surface area contributed by atoms with E-state index in [-0.39, 0.29) is 18.4 Å². The molecule has 2 heterocycles. The highest BCUT2D eigenvalue weighted by molar-refractivity contribution is 6.08. The number of rotatable bonds is 12. The molecule has 36 heavy (non-hydrogen) atoms. The fourth-order valence-electron chi connectivity index (χ4n) is 5.61. The second kappa shape index (κ2) is 12.6.